The lowest BCUT2D eigenvalue weighted by atomic mass is 10.1. The molecule has 0 heterocycles. The summed E-state index contributed by atoms with van der Waals surface area (Å²) < 4.78 is 10.8. The van der Waals surface area contributed by atoms with E-state index in [4.69, 9.17) is 9.47 Å². The molecule has 0 bridgehead atoms. The van der Waals surface area contributed by atoms with Crippen LogP contribution in [0.1, 0.15) is 32.3 Å². The molecular formula is C16H25NO3. The van der Waals surface area contributed by atoms with Crippen LogP contribution in [0.3, 0.4) is 0 Å². The van der Waals surface area contributed by atoms with Gasteiger partial charge in [0.05, 0.1) is 6.61 Å². The zero-order valence-corrected chi connectivity index (χ0v) is 12.5. The second-order valence-electron chi connectivity index (χ2n) is 4.44. The minimum absolute atomic E-state index is 0.0767. The molecule has 4 nitrogen and oxygen atoms in total. The smallest absolute Gasteiger partial charge is 0.220 e. The van der Waals surface area contributed by atoms with Crippen LogP contribution in [-0.4, -0.2) is 32.3 Å². The molecule has 112 valence electrons. The first kappa shape index (κ1) is 16.5. The lowest BCUT2D eigenvalue weighted by Crippen LogP contribution is -2.25. The summed E-state index contributed by atoms with van der Waals surface area (Å²) in [6.45, 7) is 6.66. The third kappa shape index (κ3) is 6.57. The molecule has 20 heavy (non-hydrogen) atoms. The SMILES string of the molecule is CCOCCCNC(=O)CCc1ccccc1OCC. The van der Waals surface area contributed by atoms with Gasteiger partial charge in [0.15, 0.2) is 0 Å². The average molecular weight is 279 g/mol. The third-order valence-electron chi connectivity index (χ3n) is 2.89. The van der Waals surface area contributed by atoms with Gasteiger partial charge in [-0.2, -0.15) is 0 Å². The van der Waals surface area contributed by atoms with E-state index in [2.05, 4.69) is 5.32 Å². The van der Waals surface area contributed by atoms with Gasteiger partial charge in [-0.05, 0) is 38.3 Å². The molecule has 0 saturated heterocycles. The van der Waals surface area contributed by atoms with Crippen LogP contribution in [0.5, 0.6) is 5.75 Å². The van der Waals surface area contributed by atoms with Crippen LogP contribution in [0.15, 0.2) is 24.3 Å². The van der Waals surface area contributed by atoms with Crippen molar-refractivity contribution in [1.29, 1.82) is 0 Å². The molecule has 1 N–H and O–H groups in total. The van der Waals surface area contributed by atoms with Crippen LogP contribution in [0.25, 0.3) is 0 Å². The van der Waals surface area contributed by atoms with Gasteiger partial charge in [-0.3, -0.25) is 4.79 Å². The molecule has 1 aromatic rings. The quantitative estimate of drug-likeness (QED) is 0.670. The van der Waals surface area contributed by atoms with E-state index in [0.29, 0.717) is 32.6 Å². The van der Waals surface area contributed by atoms with Crippen LogP contribution < -0.4 is 10.1 Å². The standard InChI is InChI=1S/C16H25NO3/c1-3-19-13-7-12-17-16(18)11-10-14-8-5-6-9-15(14)20-4-2/h5-6,8-9H,3-4,7,10-13H2,1-2H3,(H,17,18). The highest BCUT2D eigenvalue weighted by molar-refractivity contribution is 5.76. The summed E-state index contributed by atoms with van der Waals surface area (Å²) in [7, 11) is 0. The highest BCUT2D eigenvalue weighted by Crippen LogP contribution is 2.19. The van der Waals surface area contributed by atoms with Gasteiger partial charge < -0.3 is 14.8 Å². The highest BCUT2D eigenvalue weighted by atomic mass is 16.5. The summed E-state index contributed by atoms with van der Waals surface area (Å²) in [5, 5.41) is 2.90. The molecular weight excluding hydrogens is 254 g/mol. The van der Waals surface area contributed by atoms with E-state index in [9.17, 15) is 4.79 Å². The molecule has 4 heteroatoms. The van der Waals surface area contributed by atoms with Crippen molar-refractivity contribution in [1.82, 2.24) is 5.32 Å². The number of carbonyl (C=O) groups is 1. The number of ether oxygens (including phenoxy) is 2. The fraction of sp³-hybridized carbons (Fsp3) is 0.562. The second-order valence-corrected chi connectivity index (χ2v) is 4.44. The Kier molecular flexibility index (Phi) is 8.47. The molecule has 0 atom stereocenters. The zero-order valence-electron chi connectivity index (χ0n) is 12.5. The highest BCUT2D eigenvalue weighted by Gasteiger charge is 2.06. The molecule has 0 fully saturated rings. The number of rotatable bonds is 10. The Bertz CT molecular complexity index is 393. The Morgan fingerprint density at radius 1 is 1.20 bits per heavy atom. The topological polar surface area (TPSA) is 47.6 Å². The van der Waals surface area contributed by atoms with Gasteiger partial charge in [-0.25, -0.2) is 0 Å². The van der Waals surface area contributed by atoms with E-state index in [1.54, 1.807) is 0 Å². The summed E-state index contributed by atoms with van der Waals surface area (Å²) in [5.74, 6) is 0.951. The van der Waals surface area contributed by atoms with Gasteiger partial charge in [0, 0.05) is 26.2 Å². The van der Waals surface area contributed by atoms with Crippen molar-refractivity contribution in [2.75, 3.05) is 26.4 Å². The van der Waals surface area contributed by atoms with Crippen LogP contribution >= 0.6 is 0 Å². The number of hydrogen-bond acceptors (Lipinski definition) is 3. The van der Waals surface area contributed by atoms with Gasteiger partial charge in [-0.15, -0.1) is 0 Å². The summed E-state index contributed by atoms with van der Waals surface area (Å²) >= 11 is 0. The van der Waals surface area contributed by atoms with E-state index in [0.717, 1.165) is 24.3 Å². The normalized spacial score (nSPS) is 10.3. The zero-order chi connectivity index (χ0) is 14.6. The number of benzene rings is 1. The Hall–Kier alpha value is -1.55. The first-order valence-electron chi connectivity index (χ1n) is 7.33. The van der Waals surface area contributed by atoms with Gasteiger partial charge in [0.2, 0.25) is 5.91 Å². The number of amides is 1. The molecule has 0 spiro atoms. The van der Waals surface area contributed by atoms with Gasteiger partial charge in [0.1, 0.15) is 5.75 Å². The molecule has 0 aliphatic carbocycles. The minimum Gasteiger partial charge on any atom is -0.494 e. The molecule has 0 aliphatic heterocycles. The number of nitrogens with one attached hydrogen (secondary N) is 1. The predicted molar refractivity (Wildman–Crippen MR) is 80.1 cm³/mol. The predicted octanol–water partition coefficient (Wildman–Crippen LogP) is 2.56. The summed E-state index contributed by atoms with van der Waals surface area (Å²) in [4.78, 5) is 11.7. The van der Waals surface area contributed by atoms with Crippen molar-refractivity contribution >= 4 is 5.91 Å². The monoisotopic (exact) mass is 279 g/mol. The van der Waals surface area contributed by atoms with Crippen LogP contribution in [0.2, 0.25) is 0 Å². The molecule has 0 radical (unpaired) electrons. The molecule has 0 aromatic heterocycles. The first-order chi connectivity index (χ1) is 9.77. The van der Waals surface area contributed by atoms with E-state index >= 15 is 0 Å². The van der Waals surface area contributed by atoms with Crippen molar-refractivity contribution in [2.45, 2.75) is 33.1 Å². The Labute approximate surface area is 121 Å². The summed E-state index contributed by atoms with van der Waals surface area (Å²) in [6.07, 6.45) is 2.04. The van der Waals surface area contributed by atoms with Crippen LogP contribution in [0, 0.1) is 0 Å². The Morgan fingerprint density at radius 2 is 2.00 bits per heavy atom. The van der Waals surface area contributed by atoms with E-state index in [-0.39, 0.29) is 5.91 Å². The third-order valence-corrected chi connectivity index (χ3v) is 2.89. The van der Waals surface area contributed by atoms with Gasteiger partial charge >= 0.3 is 0 Å². The van der Waals surface area contributed by atoms with Crippen molar-refractivity contribution in [3.8, 4) is 5.75 Å². The van der Waals surface area contributed by atoms with E-state index in [1.165, 1.54) is 0 Å². The maximum absolute atomic E-state index is 11.7. The summed E-state index contributed by atoms with van der Waals surface area (Å²) in [5.41, 5.74) is 1.08. The maximum atomic E-state index is 11.7. The molecule has 1 amide bonds. The van der Waals surface area contributed by atoms with Crippen molar-refractivity contribution in [2.24, 2.45) is 0 Å². The second kappa shape index (κ2) is 10.3. The van der Waals surface area contributed by atoms with Crippen LogP contribution in [0.4, 0.5) is 0 Å². The molecule has 0 unspecified atom stereocenters. The first-order valence-corrected chi connectivity index (χ1v) is 7.33. The lowest BCUT2D eigenvalue weighted by molar-refractivity contribution is -0.121. The molecule has 1 rings (SSSR count). The number of para-hydroxylation sites is 1. The number of aryl methyl sites for hydroxylation is 1. The number of hydrogen-bond donors (Lipinski definition) is 1. The molecule has 0 saturated carbocycles. The van der Waals surface area contributed by atoms with Crippen LogP contribution in [-0.2, 0) is 16.0 Å². The average Bonchev–Trinajstić information content (AvgIpc) is 2.46. The summed E-state index contributed by atoms with van der Waals surface area (Å²) in [6, 6.07) is 7.87. The molecule has 0 aliphatic rings. The van der Waals surface area contributed by atoms with Gasteiger partial charge in [-0.1, -0.05) is 18.2 Å². The lowest BCUT2D eigenvalue weighted by Gasteiger charge is -2.10. The Morgan fingerprint density at radius 3 is 2.75 bits per heavy atom. The van der Waals surface area contributed by atoms with Crippen molar-refractivity contribution < 1.29 is 14.3 Å². The van der Waals surface area contributed by atoms with Crippen molar-refractivity contribution in [3.05, 3.63) is 29.8 Å². The minimum atomic E-state index is 0.0767. The van der Waals surface area contributed by atoms with Crippen molar-refractivity contribution in [3.63, 3.8) is 0 Å². The largest absolute Gasteiger partial charge is 0.494 e. The molecule has 1 aromatic carbocycles. The fourth-order valence-electron chi connectivity index (χ4n) is 1.89. The maximum Gasteiger partial charge on any atom is 0.220 e. The van der Waals surface area contributed by atoms with E-state index in [1.807, 2.05) is 38.1 Å². The van der Waals surface area contributed by atoms with E-state index < -0.39 is 0 Å². The number of carbonyl (C=O) groups excluding carboxylic acids is 1. The Balaban J connectivity index is 2.26. The fourth-order valence-corrected chi connectivity index (χ4v) is 1.89. The van der Waals surface area contributed by atoms with Gasteiger partial charge in [0.25, 0.3) is 0 Å².